The van der Waals surface area contributed by atoms with E-state index in [1.54, 1.807) is 0 Å². The Hall–Kier alpha value is -0.400. The highest BCUT2D eigenvalue weighted by atomic mass is 32.2. The monoisotopic (exact) mass is 214 g/mol. The number of hydrogen-bond acceptors (Lipinski definition) is 2. The van der Waals surface area contributed by atoms with Gasteiger partial charge in [-0.1, -0.05) is 0 Å². The molecule has 1 rings (SSSR count). The van der Waals surface area contributed by atoms with Crippen LogP contribution in [0.15, 0.2) is 0 Å². The normalized spacial score (nSPS) is 21.3. The second kappa shape index (κ2) is 4.41. The van der Waals surface area contributed by atoms with Crippen LogP contribution in [-0.2, 0) is 11.0 Å². The van der Waals surface area contributed by atoms with E-state index in [2.05, 4.69) is 10.8 Å². The van der Waals surface area contributed by atoms with Crippen molar-refractivity contribution < 1.29 is 4.21 Å². The minimum Gasteiger partial charge on any atom is -0.242 e. The van der Waals surface area contributed by atoms with Crippen LogP contribution in [0.3, 0.4) is 0 Å². The van der Waals surface area contributed by atoms with Crippen molar-refractivity contribution in [2.45, 2.75) is 50.8 Å². The molecule has 0 aromatic carbocycles. The summed E-state index contributed by atoms with van der Waals surface area (Å²) in [5, 5.41) is 8.64. The van der Waals surface area contributed by atoms with E-state index < -0.39 is 11.0 Å². The van der Waals surface area contributed by atoms with E-state index in [4.69, 9.17) is 5.26 Å². The van der Waals surface area contributed by atoms with E-state index in [0.29, 0.717) is 12.3 Å². The zero-order valence-electron chi connectivity index (χ0n) is 9.04. The van der Waals surface area contributed by atoms with Crippen molar-refractivity contribution in [1.29, 1.82) is 5.26 Å². The Balaban J connectivity index is 2.47. The molecular weight excluding hydrogens is 196 g/mol. The molecule has 0 spiro atoms. The first-order valence-corrected chi connectivity index (χ1v) is 6.15. The maximum Gasteiger partial charge on any atom is 0.0973 e. The van der Waals surface area contributed by atoms with Crippen LogP contribution in [0.2, 0.25) is 0 Å². The van der Waals surface area contributed by atoms with Gasteiger partial charge in [0.1, 0.15) is 0 Å². The molecule has 0 saturated heterocycles. The third-order valence-electron chi connectivity index (χ3n) is 2.32. The van der Waals surface area contributed by atoms with Crippen molar-refractivity contribution in [3.8, 4) is 6.07 Å². The second-order valence-corrected chi connectivity index (χ2v) is 6.80. The quantitative estimate of drug-likeness (QED) is 0.775. The third kappa shape index (κ3) is 3.39. The molecule has 1 N–H and O–H groups in total. The van der Waals surface area contributed by atoms with Gasteiger partial charge in [0.15, 0.2) is 0 Å². The lowest BCUT2D eigenvalue weighted by atomic mass is 10.1. The van der Waals surface area contributed by atoms with Crippen molar-refractivity contribution in [3.05, 3.63) is 0 Å². The summed E-state index contributed by atoms with van der Waals surface area (Å²) >= 11 is 0. The van der Waals surface area contributed by atoms with Crippen LogP contribution < -0.4 is 4.72 Å². The molecular formula is C10H18N2OS. The van der Waals surface area contributed by atoms with Gasteiger partial charge >= 0.3 is 0 Å². The van der Waals surface area contributed by atoms with Crippen molar-refractivity contribution >= 4 is 11.0 Å². The summed E-state index contributed by atoms with van der Waals surface area (Å²) in [7, 11) is -1.05. The average molecular weight is 214 g/mol. The summed E-state index contributed by atoms with van der Waals surface area (Å²) in [6.45, 7) is 5.81. The van der Waals surface area contributed by atoms with Crippen molar-refractivity contribution in [3.63, 3.8) is 0 Å². The first-order chi connectivity index (χ1) is 6.45. The Bertz CT molecular complexity index is 260. The van der Waals surface area contributed by atoms with Gasteiger partial charge in [0.2, 0.25) is 0 Å². The van der Waals surface area contributed by atoms with Crippen molar-refractivity contribution in [1.82, 2.24) is 4.72 Å². The molecule has 0 aromatic heterocycles. The van der Waals surface area contributed by atoms with Gasteiger partial charge in [-0.15, -0.1) is 0 Å². The predicted octanol–water partition coefficient (Wildman–Crippen LogP) is 1.73. The molecule has 1 aliphatic carbocycles. The minimum absolute atomic E-state index is 0.125. The van der Waals surface area contributed by atoms with Gasteiger partial charge in [0.25, 0.3) is 0 Å². The highest BCUT2D eigenvalue weighted by molar-refractivity contribution is 7.84. The topological polar surface area (TPSA) is 52.9 Å². The van der Waals surface area contributed by atoms with Crippen molar-refractivity contribution in [2.24, 2.45) is 5.92 Å². The van der Waals surface area contributed by atoms with Gasteiger partial charge in [-0.3, -0.25) is 0 Å². The fourth-order valence-electron chi connectivity index (χ4n) is 1.22. The highest BCUT2D eigenvalue weighted by Crippen LogP contribution is 2.34. The molecule has 2 atom stereocenters. The Labute approximate surface area is 88.5 Å². The smallest absolute Gasteiger partial charge is 0.0973 e. The van der Waals surface area contributed by atoms with Crippen LogP contribution in [0, 0.1) is 17.2 Å². The number of nitrogens with one attached hydrogen (secondary N) is 1. The molecule has 0 bridgehead atoms. The third-order valence-corrected chi connectivity index (χ3v) is 3.95. The van der Waals surface area contributed by atoms with Crippen LogP contribution in [0.25, 0.3) is 0 Å². The maximum atomic E-state index is 11.8. The van der Waals surface area contributed by atoms with E-state index in [1.165, 1.54) is 12.8 Å². The molecule has 0 aliphatic heterocycles. The number of rotatable bonds is 4. The maximum absolute atomic E-state index is 11.8. The van der Waals surface area contributed by atoms with Gasteiger partial charge in [-0.05, 0) is 39.5 Å². The number of nitriles is 1. The summed E-state index contributed by atoms with van der Waals surface area (Å²) in [6.07, 6.45) is 2.80. The molecule has 0 amide bonds. The van der Waals surface area contributed by atoms with E-state index in [-0.39, 0.29) is 10.8 Å². The van der Waals surface area contributed by atoms with Crippen LogP contribution >= 0.6 is 0 Å². The Kier molecular flexibility index (Phi) is 3.68. The molecule has 3 nitrogen and oxygen atoms in total. The zero-order valence-corrected chi connectivity index (χ0v) is 9.86. The molecule has 1 aliphatic rings. The van der Waals surface area contributed by atoms with Crippen LogP contribution in [0.5, 0.6) is 0 Å². The molecule has 14 heavy (non-hydrogen) atoms. The summed E-state index contributed by atoms with van der Waals surface area (Å²) < 4.78 is 14.6. The summed E-state index contributed by atoms with van der Waals surface area (Å²) in [4.78, 5) is 0. The standard InChI is InChI=1S/C10H18N2OS/c1-10(2,3)14(13)12-9(6-7-11)8-4-5-8/h8-9,12H,4-6H2,1-3H3/t9-,14?/m1/s1. The largest absolute Gasteiger partial charge is 0.242 e. The van der Waals surface area contributed by atoms with Gasteiger partial charge in [-0.2, -0.15) is 5.26 Å². The Morgan fingerprint density at radius 2 is 2.14 bits per heavy atom. The van der Waals surface area contributed by atoms with Crippen LogP contribution in [-0.4, -0.2) is 15.0 Å². The minimum atomic E-state index is -1.05. The first-order valence-electron chi connectivity index (χ1n) is 5.00. The predicted molar refractivity (Wildman–Crippen MR) is 57.8 cm³/mol. The lowest BCUT2D eigenvalue weighted by Crippen LogP contribution is -2.40. The zero-order chi connectivity index (χ0) is 10.8. The van der Waals surface area contributed by atoms with E-state index in [1.807, 2.05) is 20.8 Å². The van der Waals surface area contributed by atoms with E-state index in [9.17, 15) is 4.21 Å². The van der Waals surface area contributed by atoms with Gasteiger partial charge in [0, 0.05) is 6.04 Å². The highest BCUT2D eigenvalue weighted by Gasteiger charge is 2.33. The molecule has 1 fully saturated rings. The summed E-state index contributed by atoms with van der Waals surface area (Å²) in [5.41, 5.74) is 0. The number of nitrogens with zero attached hydrogens (tertiary/aromatic N) is 1. The molecule has 1 saturated carbocycles. The summed E-state index contributed by atoms with van der Waals surface area (Å²) in [6, 6.07) is 2.27. The first kappa shape index (κ1) is 11.7. The molecule has 0 heterocycles. The average Bonchev–Trinajstić information content (AvgIpc) is 2.83. The second-order valence-electron chi connectivity index (χ2n) is 4.81. The molecule has 0 radical (unpaired) electrons. The Morgan fingerprint density at radius 1 is 1.57 bits per heavy atom. The summed E-state index contributed by atoms with van der Waals surface area (Å²) in [5.74, 6) is 0.570. The fraction of sp³-hybridized carbons (Fsp3) is 0.900. The molecule has 80 valence electrons. The fourth-order valence-corrected chi connectivity index (χ4v) is 2.12. The van der Waals surface area contributed by atoms with Crippen LogP contribution in [0.4, 0.5) is 0 Å². The van der Waals surface area contributed by atoms with Gasteiger partial charge < -0.3 is 0 Å². The van der Waals surface area contributed by atoms with Crippen molar-refractivity contribution in [2.75, 3.05) is 0 Å². The SMILES string of the molecule is CC(C)(C)S(=O)N[C@H](CC#N)C1CC1. The molecule has 1 unspecified atom stereocenters. The van der Waals surface area contributed by atoms with E-state index in [0.717, 1.165) is 0 Å². The molecule has 0 aromatic rings. The number of hydrogen-bond donors (Lipinski definition) is 1. The van der Waals surface area contributed by atoms with Gasteiger partial charge in [-0.25, -0.2) is 8.93 Å². The van der Waals surface area contributed by atoms with Gasteiger partial charge in [0.05, 0.1) is 28.2 Å². The van der Waals surface area contributed by atoms with E-state index >= 15 is 0 Å². The molecule has 4 heteroatoms. The lowest BCUT2D eigenvalue weighted by molar-refractivity contribution is 0.542. The van der Waals surface area contributed by atoms with Crippen LogP contribution in [0.1, 0.15) is 40.0 Å². The lowest BCUT2D eigenvalue weighted by Gasteiger charge is -2.22. The Morgan fingerprint density at radius 3 is 2.50 bits per heavy atom.